The summed E-state index contributed by atoms with van der Waals surface area (Å²) in [4.78, 5) is 54.6. The maximum atomic E-state index is 14.9. The predicted octanol–water partition coefficient (Wildman–Crippen LogP) is 6.87. The number of thiazole rings is 1. The molecule has 4 aromatic rings. The van der Waals surface area contributed by atoms with Crippen LogP contribution in [0, 0.1) is 24.1 Å². The predicted molar refractivity (Wildman–Crippen MR) is 230 cm³/mol. The molecule has 2 aliphatic carbocycles. The number of methoxy groups -OCH3 is 1. The number of ether oxygens (including phenoxy) is 2. The third-order valence-corrected chi connectivity index (χ3v) is 15.0. The number of fused-ring (bicyclic) bond motifs is 1. The number of hydrogen-bond donors (Lipinski definition) is 3. The molecule has 2 aromatic heterocycles. The van der Waals surface area contributed by atoms with E-state index >= 15 is 0 Å². The van der Waals surface area contributed by atoms with E-state index in [1.165, 1.54) is 40.5 Å². The van der Waals surface area contributed by atoms with Crippen molar-refractivity contribution in [2.45, 2.75) is 109 Å². The molecule has 16 heteroatoms. The molecule has 1 aliphatic heterocycles. The Hall–Kier alpha value is -5.09. The molecule has 0 radical (unpaired) electrons. The maximum Gasteiger partial charge on any atom is 0.259 e. The van der Waals surface area contributed by atoms with Gasteiger partial charge >= 0.3 is 0 Å². The summed E-state index contributed by atoms with van der Waals surface area (Å²) >= 11 is 1.47. The topological polar surface area (TPSA) is 169 Å². The number of carbonyl (C=O) groups is 3. The molecule has 3 N–H and O–H groups in total. The van der Waals surface area contributed by atoms with Crippen molar-refractivity contribution in [1.29, 1.82) is 0 Å². The summed E-state index contributed by atoms with van der Waals surface area (Å²) in [6.07, 6.45) is 1.80. The first-order valence-electron chi connectivity index (χ1n) is 20.1. The molecular weight excluding hydrogens is 808 g/mol. The minimum absolute atomic E-state index is 0.0197. The fourth-order valence-electron chi connectivity index (χ4n) is 7.71. The molecule has 5 unspecified atom stereocenters. The second kappa shape index (κ2) is 15.7. The van der Waals surface area contributed by atoms with Crippen LogP contribution < -0.4 is 24.8 Å². The van der Waals surface area contributed by atoms with Gasteiger partial charge in [-0.3, -0.25) is 19.1 Å². The van der Waals surface area contributed by atoms with Gasteiger partial charge in [0, 0.05) is 40.4 Å². The van der Waals surface area contributed by atoms with Crippen molar-refractivity contribution in [3.8, 4) is 22.2 Å². The van der Waals surface area contributed by atoms with Crippen LogP contribution in [0.5, 0.6) is 11.5 Å². The van der Waals surface area contributed by atoms with Gasteiger partial charge in [-0.1, -0.05) is 46.8 Å². The summed E-state index contributed by atoms with van der Waals surface area (Å²) < 4.78 is 54.3. The number of nitrogens with one attached hydrogen (secondary N) is 3. The van der Waals surface area contributed by atoms with Crippen LogP contribution in [0.3, 0.4) is 0 Å². The highest BCUT2D eigenvalue weighted by atomic mass is 32.2. The van der Waals surface area contributed by atoms with Crippen molar-refractivity contribution >= 4 is 55.7 Å². The Balaban J connectivity index is 1.25. The molecule has 2 aromatic carbocycles. The molecule has 7 rings (SSSR count). The van der Waals surface area contributed by atoms with Gasteiger partial charge in [0.2, 0.25) is 21.8 Å². The summed E-state index contributed by atoms with van der Waals surface area (Å²) in [5.41, 5.74) is 1.03. The van der Waals surface area contributed by atoms with E-state index in [-0.39, 0.29) is 25.3 Å². The number of amides is 3. The minimum Gasteiger partial charge on any atom is -0.496 e. The highest BCUT2D eigenvalue weighted by molar-refractivity contribution is 7.91. The summed E-state index contributed by atoms with van der Waals surface area (Å²) in [5.74, 6) is -1.64. The van der Waals surface area contributed by atoms with Crippen LogP contribution in [0.15, 0.2) is 60.5 Å². The lowest BCUT2D eigenvalue weighted by molar-refractivity contribution is -0.141. The van der Waals surface area contributed by atoms with Crippen LogP contribution in [0.4, 0.5) is 10.1 Å². The van der Waals surface area contributed by atoms with Gasteiger partial charge in [0.05, 0.1) is 29.6 Å². The van der Waals surface area contributed by atoms with Crippen molar-refractivity contribution in [3.63, 3.8) is 0 Å². The molecule has 2 saturated carbocycles. The van der Waals surface area contributed by atoms with Crippen molar-refractivity contribution in [3.05, 3.63) is 77.6 Å². The molecule has 3 aliphatic rings. The van der Waals surface area contributed by atoms with E-state index in [1.807, 2.05) is 51.3 Å². The molecule has 0 spiro atoms. The van der Waals surface area contributed by atoms with Gasteiger partial charge < -0.3 is 25.0 Å². The van der Waals surface area contributed by atoms with E-state index < -0.39 is 73.4 Å². The third-order valence-electron chi connectivity index (χ3n) is 12.0. The largest absolute Gasteiger partial charge is 0.496 e. The first-order valence-corrected chi connectivity index (χ1v) is 22.5. The van der Waals surface area contributed by atoms with Crippen LogP contribution >= 0.6 is 11.3 Å². The van der Waals surface area contributed by atoms with Gasteiger partial charge in [0.1, 0.15) is 51.7 Å². The normalized spacial score (nSPS) is 22.6. The third kappa shape index (κ3) is 8.19. The number of benzene rings is 2. The molecular formula is C44H53FN6O7S2. The van der Waals surface area contributed by atoms with Crippen LogP contribution in [-0.4, -0.2) is 83.1 Å². The Labute approximate surface area is 354 Å². The standard InChI is InChI=1S/C44H53FN6O7S2/c1-10-26-21-44(26,41(54)50-60(55,56)43(8)16-17-43)49-38(52)33-19-29(22-51(33)40(53)37(42(5,6)7)46-28-13-11-12-27(45)18-28)58-35-20-31(39-48-32(23-59-39)24(2)3)47-36-25(4)34(57-9)15-14-30(35)36/h10-15,18,20,23-24,26,29,33,37,46H,1,16-17,19,21-22H2,2-9H3,(H,49,52)(H,50,54). The smallest absolute Gasteiger partial charge is 0.259 e. The van der Waals surface area contributed by atoms with Crippen molar-refractivity contribution < 1.29 is 36.7 Å². The van der Waals surface area contributed by atoms with Gasteiger partial charge in [-0.15, -0.1) is 17.9 Å². The number of nitrogens with zero attached hydrogens (tertiary/aromatic N) is 3. The number of halogens is 1. The fraction of sp³-hybridized carbons (Fsp3) is 0.477. The van der Waals surface area contributed by atoms with Gasteiger partial charge in [-0.25, -0.2) is 22.8 Å². The minimum atomic E-state index is -4.02. The Morgan fingerprint density at radius 2 is 1.83 bits per heavy atom. The highest BCUT2D eigenvalue weighted by Crippen LogP contribution is 2.47. The summed E-state index contributed by atoms with van der Waals surface area (Å²) in [7, 11) is -2.43. The van der Waals surface area contributed by atoms with Gasteiger partial charge in [0.15, 0.2) is 0 Å². The fourth-order valence-corrected chi connectivity index (χ4v) is 9.96. The van der Waals surface area contributed by atoms with Crippen LogP contribution in [0.2, 0.25) is 0 Å². The van der Waals surface area contributed by atoms with E-state index in [0.29, 0.717) is 51.6 Å². The number of aryl methyl sites for hydroxylation is 1. The number of aromatic nitrogens is 2. The number of anilines is 1. The summed E-state index contributed by atoms with van der Waals surface area (Å²) in [5, 5.41) is 9.46. The number of likely N-dealkylation sites (tertiary alicyclic amines) is 1. The van der Waals surface area contributed by atoms with E-state index in [1.54, 1.807) is 20.1 Å². The van der Waals surface area contributed by atoms with Crippen molar-refractivity contribution in [1.82, 2.24) is 24.9 Å². The maximum absolute atomic E-state index is 14.9. The second-order valence-electron chi connectivity index (χ2n) is 17.9. The zero-order valence-electron chi connectivity index (χ0n) is 35.2. The Morgan fingerprint density at radius 3 is 2.43 bits per heavy atom. The van der Waals surface area contributed by atoms with Crippen LogP contribution in [-0.2, 0) is 24.4 Å². The molecule has 0 bridgehead atoms. The van der Waals surface area contributed by atoms with Crippen molar-refractivity contribution in [2.24, 2.45) is 11.3 Å². The zero-order chi connectivity index (χ0) is 43.5. The number of sulfonamides is 1. The van der Waals surface area contributed by atoms with Gasteiger partial charge in [-0.05, 0) is 74.8 Å². The molecule has 3 amide bonds. The summed E-state index contributed by atoms with van der Waals surface area (Å²) in [6.45, 7) is 17.0. The quantitative estimate of drug-likeness (QED) is 0.114. The monoisotopic (exact) mass is 860 g/mol. The first-order chi connectivity index (χ1) is 28.2. The Kier molecular flexibility index (Phi) is 11.3. The lowest BCUT2D eigenvalue weighted by Gasteiger charge is -2.36. The first kappa shape index (κ1) is 43.0. The molecule has 1 saturated heterocycles. The van der Waals surface area contributed by atoms with Crippen molar-refractivity contribution in [2.75, 3.05) is 19.0 Å². The van der Waals surface area contributed by atoms with Crippen LogP contribution in [0.1, 0.15) is 84.4 Å². The average molecular weight is 861 g/mol. The number of carbonyl (C=O) groups excluding carboxylic acids is 3. The highest BCUT2D eigenvalue weighted by Gasteiger charge is 2.63. The molecule has 3 fully saturated rings. The number of hydrogen-bond acceptors (Lipinski definition) is 11. The molecule has 5 atom stereocenters. The summed E-state index contributed by atoms with van der Waals surface area (Å²) in [6, 6.07) is 9.24. The lowest BCUT2D eigenvalue weighted by atomic mass is 9.85. The molecule has 3 heterocycles. The van der Waals surface area contributed by atoms with E-state index in [9.17, 15) is 27.2 Å². The zero-order valence-corrected chi connectivity index (χ0v) is 36.9. The SMILES string of the molecule is C=CC1CC1(NC(=O)C1CC(Oc2cc(-c3nc(C(C)C)cs3)nc3c(C)c(OC)ccc23)CN1C(=O)C(Nc1cccc(F)c1)C(C)(C)C)C(=O)NS(=O)(=O)C1(C)CC1. The van der Waals surface area contributed by atoms with E-state index in [4.69, 9.17) is 19.4 Å². The molecule has 320 valence electrons. The Bertz CT molecular complexity index is 2480. The molecule has 13 nitrogen and oxygen atoms in total. The van der Waals surface area contributed by atoms with Gasteiger partial charge in [-0.2, -0.15) is 0 Å². The van der Waals surface area contributed by atoms with E-state index in [0.717, 1.165) is 11.3 Å². The van der Waals surface area contributed by atoms with E-state index in [2.05, 4.69) is 35.8 Å². The van der Waals surface area contributed by atoms with Gasteiger partial charge in [0.25, 0.3) is 5.91 Å². The molecule has 60 heavy (non-hydrogen) atoms. The van der Waals surface area contributed by atoms with Crippen LogP contribution in [0.25, 0.3) is 21.6 Å². The Morgan fingerprint density at radius 1 is 1.10 bits per heavy atom. The average Bonchev–Trinajstić information content (AvgIpc) is 3.97. The number of rotatable bonds is 14. The second-order valence-corrected chi connectivity index (χ2v) is 20.9. The lowest BCUT2D eigenvalue weighted by Crippen LogP contribution is -2.59. The number of pyridine rings is 1.